The fourth-order valence-electron chi connectivity index (χ4n) is 1.77. The number of hydrogen-bond acceptors (Lipinski definition) is 7. The van der Waals surface area contributed by atoms with Gasteiger partial charge in [0.15, 0.2) is 0 Å². The van der Waals surface area contributed by atoms with Crippen LogP contribution in [0.1, 0.15) is 31.2 Å². The minimum atomic E-state index is 0.0367. The van der Waals surface area contributed by atoms with Gasteiger partial charge >= 0.3 is 0 Å². The van der Waals surface area contributed by atoms with E-state index in [1.54, 1.807) is 0 Å². The third-order valence-electron chi connectivity index (χ3n) is 2.96. The molecule has 0 aliphatic carbocycles. The van der Waals surface area contributed by atoms with Crippen LogP contribution in [0, 0.1) is 6.92 Å². The Kier molecular flexibility index (Phi) is 6.63. The van der Waals surface area contributed by atoms with Crippen LogP contribution in [0.4, 0.5) is 11.6 Å². The first-order valence-corrected chi connectivity index (χ1v) is 6.76. The molecule has 1 aromatic heterocycles. The molecule has 0 bridgehead atoms. The monoisotopic (exact) mass is 283 g/mol. The number of nitrogens with two attached hydrogens (primary N) is 1. The average molecular weight is 283 g/mol. The molecule has 0 aliphatic heterocycles. The first-order chi connectivity index (χ1) is 9.51. The first-order valence-electron chi connectivity index (χ1n) is 6.76. The minimum Gasteiger partial charge on any atom is -0.394 e. The number of ether oxygens (including phenoxy) is 1. The van der Waals surface area contributed by atoms with Crippen molar-refractivity contribution >= 4 is 11.6 Å². The van der Waals surface area contributed by atoms with E-state index in [0.29, 0.717) is 25.6 Å². The van der Waals surface area contributed by atoms with Crippen LogP contribution in [-0.2, 0) is 4.74 Å². The Hall–Kier alpha value is -1.44. The highest BCUT2D eigenvalue weighted by atomic mass is 16.5. The molecule has 4 N–H and O–H groups in total. The highest BCUT2D eigenvalue weighted by molar-refractivity contribution is 5.58. The number of hydrazine groups is 1. The third kappa shape index (κ3) is 4.29. The van der Waals surface area contributed by atoms with Crippen LogP contribution in [0.25, 0.3) is 0 Å². The Balaban J connectivity index is 2.88. The molecule has 1 rings (SSSR count). The number of likely N-dealkylation sites (N-methyl/N-ethyl adjacent to an activating group) is 1. The molecule has 114 valence electrons. The number of nitrogens with zero attached hydrogens (tertiary/aromatic N) is 3. The summed E-state index contributed by atoms with van der Waals surface area (Å²) in [6.45, 7) is 7.61. The number of aliphatic hydroxyl groups excluding tert-OH is 1. The van der Waals surface area contributed by atoms with Crippen LogP contribution in [0.3, 0.4) is 0 Å². The van der Waals surface area contributed by atoms with Gasteiger partial charge in [0.25, 0.3) is 0 Å². The molecule has 0 radical (unpaired) electrons. The smallest absolute Gasteiger partial charge is 0.148 e. The van der Waals surface area contributed by atoms with Crippen molar-refractivity contribution in [2.75, 3.05) is 43.7 Å². The standard InChI is InChI=1S/C13H25N5O2/c1-9(2)11-15-12(17-14)10(3)13(16-11)18(4)5-7-20-8-6-19/h9,19H,5-8,14H2,1-4H3,(H,15,16,17). The molecule has 7 nitrogen and oxygen atoms in total. The van der Waals surface area contributed by atoms with Crippen molar-refractivity contribution in [1.29, 1.82) is 0 Å². The summed E-state index contributed by atoms with van der Waals surface area (Å²) in [7, 11) is 1.95. The molecule has 0 saturated carbocycles. The fourth-order valence-corrected chi connectivity index (χ4v) is 1.77. The maximum absolute atomic E-state index is 8.68. The molecular formula is C13H25N5O2. The van der Waals surface area contributed by atoms with Crippen molar-refractivity contribution in [3.8, 4) is 0 Å². The zero-order chi connectivity index (χ0) is 15.1. The number of rotatable bonds is 8. The highest BCUT2D eigenvalue weighted by Crippen LogP contribution is 2.24. The number of aliphatic hydroxyl groups is 1. The molecule has 1 aromatic rings. The number of hydrogen-bond donors (Lipinski definition) is 3. The zero-order valence-electron chi connectivity index (χ0n) is 12.7. The average Bonchev–Trinajstić information content (AvgIpc) is 2.43. The van der Waals surface area contributed by atoms with E-state index in [2.05, 4.69) is 15.4 Å². The molecule has 0 saturated heterocycles. The minimum absolute atomic E-state index is 0.0367. The first kappa shape index (κ1) is 16.6. The Labute approximate surface area is 120 Å². The largest absolute Gasteiger partial charge is 0.394 e. The van der Waals surface area contributed by atoms with Gasteiger partial charge in [0.1, 0.15) is 17.5 Å². The Morgan fingerprint density at radius 1 is 1.35 bits per heavy atom. The van der Waals surface area contributed by atoms with Gasteiger partial charge in [-0.2, -0.15) is 0 Å². The van der Waals surface area contributed by atoms with E-state index in [-0.39, 0.29) is 12.5 Å². The van der Waals surface area contributed by atoms with Crippen LogP contribution in [0.2, 0.25) is 0 Å². The van der Waals surface area contributed by atoms with Crippen LogP contribution in [0.5, 0.6) is 0 Å². The van der Waals surface area contributed by atoms with Gasteiger partial charge in [-0.05, 0) is 6.92 Å². The van der Waals surface area contributed by atoms with Crippen LogP contribution in [0.15, 0.2) is 0 Å². The second kappa shape index (κ2) is 7.98. The van der Waals surface area contributed by atoms with Crippen molar-refractivity contribution in [3.63, 3.8) is 0 Å². The predicted molar refractivity (Wildman–Crippen MR) is 79.8 cm³/mol. The van der Waals surface area contributed by atoms with Crippen molar-refractivity contribution in [2.45, 2.75) is 26.7 Å². The van der Waals surface area contributed by atoms with Gasteiger partial charge in [-0.15, -0.1) is 0 Å². The highest BCUT2D eigenvalue weighted by Gasteiger charge is 2.15. The summed E-state index contributed by atoms with van der Waals surface area (Å²) >= 11 is 0. The quantitative estimate of drug-likeness (QED) is 0.366. The van der Waals surface area contributed by atoms with Crippen molar-refractivity contribution < 1.29 is 9.84 Å². The van der Waals surface area contributed by atoms with E-state index < -0.39 is 0 Å². The topological polar surface area (TPSA) is 96.5 Å². The number of aromatic nitrogens is 2. The lowest BCUT2D eigenvalue weighted by atomic mass is 10.2. The molecule has 1 heterocycles. The third-order valence-corrected chi connectivity index (χ3v) is 2.96. The molecule has 0 unspecified atom stereocenters. The van der Waals surface area contributed by atoms with Gasteiger partial charge in [-0.1, -0.05) is 13.8 Å². The lowest BCUT2D eigenvalue weighted by molar-refractivity contribution is 0.0970. The summed E-state index contributed by atoms with van der Waals surface area (Å²) in [4.78, 5) is 11.0. The zero-order valence-corrected chi connectivity index (χ0v) is 12.7. The Bertz CT molecular complexity index is 425. The van der Waals surface area contributed by atoms with Gasteiger partial charge < -0.3 is 20.2 Å². The Morgan fingerprint density at radius 3 is 2.60 bits per heavy atom. The predicted octanol–water partition coefficient (Wildman–Crippen LogP) is 0.639. The molecule has 0 fully saturated rings. The van der Waals surface area contributed by atoms with Crippen molar-refractivity contribution in [1.82, 2.24) is 9.97 Å². The second-order valence-corrected chi connectivity index (χ2v) is 4.94. The summed E-state index contributed by atoms with van der Waals surface area (Å²) in [6.07, 6.45) is 0. The van der Waals surface area contributed by atoms with Gasteiger partial charge in [-0.3, -0.25) is 0 Å². The van der Waals surface area contributed by atoms with Crippen LogP contribution >= 0.6 is 0 Å². The fraction of sp³-hybridized carbons (Fsp3) is 0.692. The van der Waals surface area contributed by atoms with Crippen molar-refractivity contribution in [3.05, 3.63) is 11.4 Å². The number of nitrogen functional groups attached to an aromatic ring is 1. The molecule has 0 atom stereocenters. The van der Waals surface area contributed by atoms with Gasteiger partial charge in [0.05, 0.1) is 19.8 Å². The van der Waals surface area contributed by atoms with E-state index >= 15 is 0 Å². The summed E-state index contributed by atoms with van der Waals surface area (Å²) in [5.41, 5.74) is 3.52. The van der Waals surface area contributed by atoms with Gasteiger partial charge in [0, 0.05) is 25.1 Å². The summed E-state index contributed by atoms with van der Waals surface area (Å²) in [5.74, 6) is 7.97. The molecule has 0 aromatic carbocycles. The summed E-state index contributed by atoms with van der Waals surface area (Å²) in [5, 5.41) is 8.68. The normalized spacial score (nSPS) is 10.9. The van der Waals surface area contributed by atoms with E-state index in [9.17, 15) is 0 Å². The van der Waals surface area contributed by atoms with Gasteiger partial charge in [-0.25, -0.2) is 15.8 Å². The lowest BCUT2D eigenvalue weighted by Crippen LogP contribution is -2.26. The molecule has 0 spiro atoms. The molecule has 0 amide bonds. The summed E-state index contributed by atoms with van der Waals surface area (Å²) in [6, 6.07) is 0. The lowest BCUT2D eigenvalue weighted by Gasteiger charge is -2.22. The molecular weight excluding hydrogens is 258 g/mol. The van der Waals surface area contributed by atoms with E-state index in [1.807, 2.05) is 32.7 Å². The Morgan fingerprint density at radius 2 is 2.05 bits per heavy atom. The van der Waals surface area contributed by atoms with E-state index in [1.165, 1.54) is 0 Å². The van der Waals surface area contributed by atoms with Crippen LogP contribution < -0.4 is 16.2 Å². The van der Waals surface area contributed by atoms with Crippen molar-refractivity contribution in [2.24, 2.45) is 5.84 Å². The molecule has 0 aliphatic rings. The maximum Gasteiger partial charge on any atom is 0.148 e. The number of anilines is 2. The summed E-state index contributed by atoms with van der Waals surface area (Å²) < 4.78 is 5.27. The molecule has 20 heavy (non-hydrogen) atoms. The number of nitrogens with one attached hydrogen (secondary N) is 1. The van der Waals surface area contributed by atoms with Crippen LogP contribution in [-0.4, -0.2) is 48.5 Å². The SMILES string of the molecule is Cc1c(NN)nc(C(C)C)nc1N(C)CCOCCO. The second-order valence-electron chi connectivity index (χ2n) is 4.94. The maximum atomic E-state index is 8.68. The van der Waals surface area contributed by atoms with E-state index in [4.69, 9.17) is 15.7 Å². The van der Waals surface area contributed by atoms with Gasteiger partial charge in [0.2, 0.25) is 0 Å². The molecule has 7 heteroatoms. The van der Waals surface area contributed by atoms with E-state index in [0.717, 1.165) is 17.2 Å².